The van der Waals surface area contributed by atoms with Crippen LogP contribution in [0.5, 0.6) is 0 Å². The van der Waals surface area contributed by atoms with Gasteiger partial charge in [-0.3, -0.25) is 4.79 Å². The van der Waals surface area contributed by atoms with Crippen LogP contribution in [0.15, 0.2) is 71.1 Å². The van der Waals surface area contributed by atoms with E-state index in [0.717, 1.165) is 27.7 Å². The fourth-order valence-corrected chi connectivity index (χ4v) is 3.99. The number of carbonyl (C=O) groups excluding carboxylic acids is 1. The van der Waals surface area contributed by atoms with E-state index in [4.69, 9.17) is 0 Å². The molecule has 142 valence electrons. The molecule has 5 nitrogen and oxygen atoms in total. The summed E-state index contributed by atoms with van der Waals surface area (Å²) in [5.74, 6) is -0.222. The number of aromatic nitrogens is 1. The lowest BCUT2D eigenvalue weighted by atomic mass is 10.1. The number of fused-ring (bicyclic) bond motifs is 1. The van der Waals surface area contributed by atoms with E-state index in [1.807, 2.05) is 60.8 Å². The molecule has 2 heterocycles. The van der Waals surface area contributed by atoms with E-state index >= 15 is 0 Å². The molecule has 0 saturated carbocycles. The van der Waals surface area contributed by atoms with E-state index in [9.17, 15) is 10.1 Å². The molecule has 0 unspecified atom stereocenters. The highest BCUT2D eigenvalue weighted by molar-refractivity contribution is 7.12. The minimum atomic E-state index is -0.222. The van der Waals surface area contributed by atoms with Crippen molar-refractivity contribution in [2.24, 2.45) is 5.10 Å². The summed E-state index contributed by atoms with van der Waals surface area (Å²) in [5, 5.41) is 16.5. The van der Waals surface area contributed by atoms with Gasteiger partial charge in [-0.1, -0.05) is 42.5 Å². The third-order valence-electron chi connectivity index (χ3n) is 4.85. The van der Waals surface area contributed by atoms with Crippen molar-refractivity contribution >= 4 is 34.4 Å². The number of hydrogen-bond donors (Lipinski definition) is 1. The number of hydrogen-bond acceptors (Lipinski definition) is 4. The lowest BCUT2D eigenvalue weighted by Crippen LogP contribution is -2.16. The molecule has 2 aromatic heterocycles. The van der Waals surface area contributed by atoms with Crippen LogP contribution in [0, 0.1) is 18.3 Å². The van der Waals surface area contributed by atoms with Crippen molar-refractivity contribution in [3.8, 4) is 6.07 Å². The predicted octanol–water partition coefficient (Wildman–Crippen LogP) is 4.70. The lowest BCUT2D eigenvalue weighted by molar-refractivity contribution is 0.0959. The number of para-hydroxylation sites is 1. The van der Waals surface area contributed by atoms with Crippen LogP contribution in [0.1, 0.15) is 32.1 Å². The van der Waals surface area contributed by atoms with Gasteiger partial charge < -0.3 is 4.57 Å². The summed E-state index contributed by atoms with van der Waals surface area (Å²) in [6, 6.07) is 21.6. The highest BCUT2D eigenvalue weighted by atomic mass is 32.1. The molecule has 2 aromatic carbocycles. The molecule has 0 saturated heterocycles. The monoisotopic (exact) mass is 398 g/mol. The smallest absolute Gasteiger partial charge is 0.281 e. The van der Waals surface area contributed by atoms with Gasteiger partial charge in [0.05, 0.1) is 22.7 Å². The summed E-state index contributed by atoms with van der Waals surface area (Å²) in [6.45, 7) is 2.61. The average molecular weight is 398 g/mol. The Bertz CT molecular complexity index is 1250. The van der Waals surface area contributed by atoms with Gasteiger partial charge in [-0.2, -0.15) is 10.4 Å². The minimum Gasteiger partial charge on any atom is -0.340 e. The van der Waals surface area contributed by atoms with Crippen molar-refractivity contribution in [1.29, 1.82) is 5.26 Å². The molecule has 0 spiro atoms. The van der Waals surface area contributed by atoms with Crippen LogP contribution in [-0.4, -0.2) is 16.7 Å². The van der Waals surface area contributed by atoms with E-state index in [-0.39, 0.29) is 5.91 Å². The molecule has 0 atom stereocenters. The summed E-state index contributed by atoms with van der Waals surface area (Å²) in [7, 11) is 0. The average Bonchev–Trinajstić information content (AvgIpc) is 3.37. The second kappa shape index (κ2) is 8.13. The van der Waals surface area contributed by atoms with E-state index in [1.165, 1.54) is 11.3 Å². The zero-order chi connectivity index (χ0) is 20.2. The minimum absolute atomic E-state index is 0.222. The van der Waals surface area contributed by atoms with Crippen molar-refractivity contribution in [1.82, 2.24) is 9.99 Å². The van der Waals surface area contributed by atoms with Crippen molar-refractivity contribution in [2.75, 3.05) is 0 Å². The fourth-order valence-electron chi connectivity index (χ4n) is 3.38. The van der Waals surface area contributed by atoms with Gasteiger partial charge in [0.15, 0.2) is 0 Å². The van der Waals surface area contributed by atoms with Crippen LogP contribution >= 0.6 is 11.3 Å². The summed E-state index contributed by atoms with van der Waals surface area (Å²) in [6.07, 6.45) is 1.69. The standard InChI is InChI=1S/C23H18N4OS/c1-16-20(14-25-26-23(28)22-11-6-12-29-22)19-9-4-5-10-21(19)27(16)15-18-8-3-2-7-17(18)13-24/h2-12,14H,15H2,1H3,(H,26,28)/b25-14-. The third kappa shape index (κ3) is 3.68. The zero-order valence-electron chi connectivity index (χ0n) is 15.8. The fraction of sp³-hybridized carbons (Fsp3) is 0.0870. The highest BCUT2D eigenvalue weighted by Gasteiger charge is 2.14. The van der Waals surface area contributed by atoms with Gasteiger partial charge in [0.25, 0.3) is 5.91 Å². The van der Waals surface area contributed by atoms with E-state index in [1.54, 1.807) is 12.3 Å². The molecule has 4 aromatic rings. The van der Waals surface area contributed by atoms with Gasteiger partial charge in [-0.25, -0.2) is 5.43 Å². The van der Waals surface area contributed by atoms with Crippen LogP contribution in [0.3, 0.4) is 0 Å². The molecule has 1 N–H and O–H groups in total. The van der Waals surface area contributed by atoms with E-state index in [2.05, 4.69) is 27.2 Å². The normalized spacial score (nSPS) is 11.0. The van der Waals surface area contributed by atoms with Gasteiger partial charge in [-0.15, -0.1) is 11.3 Å². The number of rotatable bonds is 5. The molecule has 0 aliphatic heterocycles. The Morgan fingerprint density at radius 3 is 2.76 bits per heavy atom. The molecule has 6 heteroatoms. The Labute approximate surface area is 172 Å². The van der Waals surface area contributed by atoms with Gasteiger partial charge in [0.1, 0.15) is 0 Å². The van der Waals surface area contributed by atoms with Crippen LogP contribution < -0.4 is 5.43 Å². The van der Waals surface area contributed by atoms with Crippen molar-refractivity contribution in [3.63, 3.8) is 0 Å². The van der Waals surface area contributed by atoms with Crippen LogP contribution in [-0.2, 0) is 6.54 Å². The quantitative estimate of drug-likeness (QED) is 0.391. The number of thiophene rings is 1. The summed E-state index contributed by atoms with van der Waals surface area (Å²) in [4.78, 5) is 12.7. The number of nitrogens with zero attached hydrogens (tertiary/aromatic N) is 3. The molecular formula is C23H18N4OS. The number of nitriles is 1. The number of amides is 1. The number of hydrazone groups is 1. The number of benzene rings is 2. The summed E-state index contributed by atoms with van der Waals surface area (Å²) >= 11 is 1.38. The topological polar surface area (TPSA) is 70.2 Å². The van der Waals surface area contributed by atoms with Gasteiger partial charge in [0.2, 0.25) is 0 Å². The molecule has 29 heavy (non-hydrogen) atoms. The first-order valence-electron chi connectivity index (χ1n) is 9.12. The first-order chi connectivity index (χ1) is 14.2. The Morgan fingerprint density at radius 2 is 1.97 bits per heavy atom. The molecule has 0 fully saturated rings. The maximum atomic E-state index is 12.1. The SMILES string of the molecule is Cc1c(/C=N\NC(=O)c2cccs2)c2ccccc2n1Cc1ccccc1C#N. The largest absolute Gasteiger partial charge is 0.340 e. The van der Waals surface area contributed by atoms with E-state index in [0.29, 0.717) is 17.0 Å². The first-order valence-corrected chi connectivity index (χ1v) is 9.99. The zero-order valence-corrected chi connectivity index (χ0v) is 16.6. The van der Waals surface area contributed by atoms with Crippen LogP contribution in [0.25, 0.3) is 10.9 Å². The van der Waals surface area contributed by atoms with Crippen LogP contribution in [0.4, 0.5) is 0 Å². The second-order valence-corrected chi connectivity index (χ2v) is 7.50. The summed E-state index contributed by atoms with van der Waals surface area (Å²) < 4.78 is 2.17. The Balaban J connectivity index is 1.69. The Kier molecular flexibility index (Phi) is 5.23. The molecule has 0 radical (unpaired) electrons. The highest BCUT2D eigenvalue weighted by Crippen LogP contribution is 2.26. The van der Waals surface area contributed by atoms with E-state index < -0.39 is 0 Å². The Hall–Kier alpha value is -3.69. The molecule has 0 bridgehead atoms. The molecular weight excluding hydrogens is 380 g/mol. The second-order valence-electron chi connectivity index (χ2n) is 6.55. The molecule has 4 rings (SSSR count). The number of nitrogens with one attached hydrogen (secondary N) is 1. The first kappa shape index (κ1) is 18.7. The Morgan fingerprint density at radius 1 is 1.17 bits per heavy atom. The van der Waals surface area contributed by atoms with Gasteiger partial charge in [0, 0.05) is 28.7 Å². The van der Waals surface area contributed by atoms with Crippen molar-refractivity contribution < 1.29 is 4.79 Å². The maximum absolute atomic E-state index is 12.1. The van der Waals surface area contributed by atoms with Crippen molar-refractivity contribution in [2.45, 2.75) is 13.5 Å². The van der Waals surface area contributed by atoms with Gasteiger partial charge >= 0.3 is 0 Å². The molecule has 0 aliphatic carbocycles. The number of carbonyl (C=O) groups is 1. The van der Waals surface area contributed by atoms with Crippen LogP contribution in [0.2, 0.25) is 0 Å². The van der Waals surface area contributed by atoms with Gasteiger partial charge in [-0.05, 0) is 36.1 Å². The molecule has 1 amide bonds. The third-order valence-corrected chi connectivity index (χ3v) is 5.72. The molecule has 0 aliphatic rings. The maximum Gasteiger partial charge on any atom is 0.281 e. The predicted molar refractivity (Wildman–Crippen MR) is 116 cm³/mol. The lowest BCUT2D eigenvalue weighted by Gasteiger charge is -2.10. The van der Waals surface area contributed by atoms with Crippen molar-refractivity contribution in [3.05, 3.63) is 93.3 Å². The summed E-state index contributed by atoms with van der Waals surface area (Å²) in [5.41, 5.74) is 7.25.